The number of fused-ring (bicyclic) bond motifs is 4. The van der Waals surface area contributed by atoms with Crippen LogP contribution < -0.4 is 5.32 Å². The first kappa shape index (κ1) is 25.9. The van der Waals surface area contributed by atoms with E-state index in [9.17, 15) is 14.7 Å². The number of benzene rings is 1. The van der Waals surface area contributed by atoms with Crippen LogP contribution in [0.15, 0.2) is 30.3 Å². The van der Waals surface area contributed by atoms with Crippen LogP contribution >= 0.6 is 0 Å². The highest BCUT2D eigenvalue weighted by Gasteiger charge is 2.58. The lowest BCUT2D eigenvalue weighted by Gasteiger charge is -2.50. The standard InChI is InChI=1S/C26H34N2O10/c1-12-9-16-21(33-13(12)2)22-20(28(3)26(31)38-22)24(36-16)37-18-10-15(19-17(34-18)11-32-25(30)27-19)35-23(29)14-7-5-4-6-8-14/h4-8,12-13,15-22,24,26,31H,9-11H2,1-3H3,(H,27,30)/t12?,13-,15?,16+,17-,18-,19+,20?,21?,22?,24?,26?/m1/s1. The fraction of sp³-hybridized carbons (Fsp3) is 0.692. The molecule has 1 amide bonds. The van der Waals surface area contributed by atoms with Crippen LogP contribution in [0, 0.1) is 5.92 Å². The molecule has 0 bridgehead atoms. The Morgan fingerprint density at radius 3 is 2.63 bits per heavy atom. The van der Waals surface area contributed by atoms with Gasteiger partial charge in [-0.25, -0.2) is 14.5 Å². The molecular formula is C26H34N2O10. The second-order valence-electron chi connectivity index (χ2n) is 10.7. The number of carbonyl (C=O) groups excluding carboxylic acids is 2. The predicted molar refractivity (Wildman–Crippen MR) is 127 cm³/mol. The first-order chi connectivity index (χ1) is 18.3. The Hall–Kier alpha value is -2.32. The fourth-order valence-corrected chi connectivity index (χ4v) is 5.98. The van der Waals surface area contributed by atoms with Gasteiger partial charge in [-0.3, -0.25) is 0 Å². The van der Waals surface area contributed by atoms with Crippen LogP contribution in [0.25, 0.3) is 0 Å². The van der Waals surface area contributed by atoms with Gasteiger partial charge in [0.2, 0.25) is 6.41 Å². The number of hydrogen-bond donors (Lipinski definition) is 2. The van der Waals surface area contributed by atoms with Gasteiger partial charge in [-0.2, -0.15) is 0 Å². The SMILES string of the molecule is CC1C[C@@H]2OC(O[C@@H]3CC(OC(=O)c4ccccc4)[C@@H]4NC(=O)OC[C@H]4O3)C3C(OC(O)N3C)C2O[C@@H]1C. The van der Waals surface area contributed by atoms with E-state index in [0.29, 0.717) is 5.56 Å². The van der Waals surface area contributed by atoms with Crippen molar-refractivity contribution in [3.05, 3.63) is 35.9 Å². The number of hydrogen-bond acceptors (Lipinski definition) is 11. The number of nitrogens with zero attached hydrogens (tertiary/aromatic N) is 1. The summed E-state index contributed by atoms with van der Waals surface area (Å²) in [6, 6.07) is 7.59. The summed E-state index contributed by atoms with van der Waals surface area (Å²) >= 11 is 0. The third-order valence-corrected chi connectivity index (χ3v) is 8.26. The van der Waals surface area contributed by atoms with Crippen LogP contribution in [0.4, 0.5) is 4.79 Å². The van der Waals surface area contributed by atoms with Crippen molar-refractivity contribution >= 4 is 12.1 Å². The van der Waals surface area contributed by atoms with Gasteiger partial charge in [0.25, 0.3) is 0 Å². The van der Waals surface area contributed by atoms with E-state index in [4.69, 9.17) is 33.2 Å². The summed E-state index contributed by atoms with van der Waals surface area (Å²) in [7, 11) is 1.73. The van der Waals surface area contributed by atoms with E-state index in [-0.39, 0.29) is 37.3 Å². The number of ether oxygens (including phenoxy) is 7. The van der Waals surface area contributed by atoms with Crippen LogP contribution in [0.2, 0.25) is 0 Å². The largest absolute Gasteiger partial charge is 0.456 e. The summed E-state index contributed by atoms with van der Waals surface area (Å²) in [6.45, 7) is 4.13. The molecule has 0 aliphatic carbocycles. The van der Waals surface area contributed by atoms with Crippen LogP contribution in [0.5, 0.6) is 0 Å². The van der Waals surface area contributed by atoms with Crippen molar-refractivity contribution in [3.8, 4) is 0 Å². The summed E-state index contributed by atoms with van der Waals surface area (Å²) in [5.41, 5.74) is 0.398. The maximum atomic E-state index is 12.9. The van der Waals surface area contributed by atoms with Crippen LogP contribution in [0.1, 0.15) is 37.0 Å². The van der Waals surface area contributed by atoms with Crippen LogP contribution in [0.3, 0.4) is 0 Å². The van der Waals surface area contributed by atoms with Gasteiger partial charge < -0.3 is 43.6 Å². The Morgan fingerprint density at radius 1 is 1.05 bits per heavy atom. The molecule has 12 nitrogen and oxygen atoms in total. The third-order valence-electron chi connectivity index (χ3n) is 8.26. The number of alkyl carbamates (subject to hydrolysis) is 1. The maximum Gasteiger partial charge on any atom is 0.407 e. The van der Waals surface area contributed by atoms with E-state index in [0.717, 1.165) is 6.42 Å². The quantitative estimate of drug-likeness (QED) is 0.535. The van der Waals surface area contributed by atoms with E-state index in [1.165, 1.54) is 0 Å². The average molecular weight is 535 g/mol. The molecule has 12 atom stereocenters. The number of likely N-dealkylation sites (N-methyl/N-ethyl adjacent to an activating group) is 1. The summed E-state index contributed by atoms with van der Waals surface area (Å²) in [6.07, 6.45) is -4.85. The molecule has 7 unspecified atom stereocenters. The average Bonchev–Trinajstić information content (AvgIpc) is 3.20. The zero-order valence-electron chi connectivity index (χ0n) is 21.5. The zero-order chi connectivity index (χ0) is 26.6. The second-order valence-corrected chi connectivity index (χ2v) is 10.7. The van der Waals surface area contributed by atoms with Gasteiger partial charge in [-0.1, -0.05) is 25.1 Å². The molecule has 1 aromatic carbocycles. The van der Waals surface area contributed by atoms with Crippen LogP contribution in [-0.2, 0) is 33.2 Å². The lowest BCUT2D eigenvalue weighted by atomic mass is 9.86. The summed E-state index contributed by atoms with van der Waals surface area (Å²) in [5, 5.41) is 13.2. The van der Waals surface area contributed by atoms with Gasteiger partial charge in [-0.15, -0.1) is 0 Å². The highest BCUT2D eigenvalue weighted by Crippen LogP contribution is 2.42. The molecule has 5 aliphatic rings. The van der Waals surface area contributed by atoms with Crippen molar-refractivity contribution < 1.29 is 47.9 Å². The second kappa shape index (κ2) is 10.3. The molecule has 5 fully saturated rings. The van der Waals surface area contributed by atoms with Crippen molar-refractivity contribution in [3.63, 3.8) is 0 Å². The Labute approximate surface area is 220 Å². The number of rotatable bonds is 4. The minimum absolute atomic E-state index is 0.0109. The molecule has 6 rings (SSSR count). The van der Waals surface area contributed by atoms with E-state index in [1.807, 2.05) is 13.0 Å². The minimum atomic E-state index is -1.13. The minimum Gasteiger partial charge on any atom is -0.456 e. The number of cyclic esters (lactones) is 1. The van der Waals surface area contributed by atoms with Crippen LogP contribution in [-0.4, -0.2) is 103 Å². The maximum absolute atomic E-state index is 12.9. The van der Waals surface area contributed by atoms with Crippen molar-refractivity contribution in [1.29, 1.82) is 0 Å². The zero-order valence-corrected chi connectivity index (χ0v) is 21.5. The smallest absolute Gasteiger partial charge is 0.407 e. The Kier molecular flexibility index (Phi) is 7.06. The normalized spacial score (nSPS) is 44.7. The van der Waals surface area contributed by atoms with E-state index in [1.54, 1.807) is 36.2 Å². The van der Waals surface area contributed by atoms with Gasteiger partial charge in [0, 0.05) is 6.42 Å². The molecule has 2 N–H and O–H groups in total. The van der Waals surface area contributed by atoms with Gasteiger partial charge >= 0.3 is 12.1 Å². The van der Waals surface area contributed by atoms with Gasteiger partial charge in [-0.05, 0) is 38.4 Å². The Morgan fingerprint density at radius 2 is 1.84 bits per heavy atom. The lowest BCUT2D eigenvalue weighted by Crippen LogP contribution is -2.66. The molecule has 5 aliphatic heterocycles. The molecule has 0 spiro atoms. The predicted octanol–water partition coefficient (Wildman–Crippen LogP) is 0.966. The monoisotopic (exact) mass is 534 g/mol. The Bertz CT molecular complexity index is 1030. The topological polar surface area (TPSA) is 134 Å². The molecule has 208 valence electrons. The molecule has 0 radical (unpaired) electrons. The van der Waals surface area contributed by atoms with Gasteiger partial charge in [0.1, 0.15) is 31.0 Å². The molecule has 5 heterocycles. The number of nitrogens with one attached hydrogen (secondary N) is 1. The number of esters is 1. The lowest BCUT2D eigenvalue weighted by molar-refractivity contribution is -0.345. The van der Waals surface area contributed by atoms with Crippen molar-refractivity contribution in [2.45, 2.75) is 94.4 Å². The molecular weight excluding hydrogens is 500 g/mol. The first-order valence-corrected chi connectivity index (χ1v) is 13.1. The van der Waals surface area contributed by atoms with Crippen molar-refractivity contribution in [2.75, 3.05) is 13.7 Å². The highest BCUT2D eigenvalue weighted by atomic mass is 16.8. The van der Waals surface area contributed by atoms with Gasteiger partial charge in [0.15, 0.2) is 12.6 Å². The molecule has 0 saturated carbocycles. The summed E-state index contributed by atoms with van der Waals surface area (Å²) < 4.78 is 42.1. The molecule has 38 heavy (non-hydrogen) atoms. The number of aliphatic hydroxyl groups excluding tert-OH is 1. The molecule has 12 heteroatoms. The van der Waals surface area contributed by atoms with Crippen molar-refractivity contribution in [2.24, 2.45) is 5.92 Å². The highest BCUT2D eigenvalue weighted by molar-refractivity contribution is 5.89. The fourth-order valence-electron chi connectivity index (χ4n) is 5.98. The van der Waals surface area contributed by atoms with Crippen molar-refractivity contribution in [1.82, 2.24) is 10.2 Å². The number of carbonyl (C=O) groups is 2. The third kappa shape index (κ3) is 4.79. The van der Waals surface area contributed by atoms with E-state index in [2.05, 4.69) is 12.2 Å². The Balaban J connectivity index is 1.21. The van der Waals surface area contributed by atoms with E-state index < -0.39 is 61.5 Å². The van der Waals surface area contributed by atoms with E-state index >= 15 is 0 Å². The molecule has 5 saturated heterocycles. The molecule has 0 aromatic heterocycles. The summed E-state index contributed by atoms with van der Waals surface area (Å²) in [5.74, 6) is -0.240. The number of aliphatic hydroxyl groups is 1. The first-order valence-electron chi connectivity index (χ1n) is 13.1. The summed E-state index contributed by atoms with van der Waals surface area (Å²) in [4.78, 5) is 26.5. The number of amides is 1. The van der Waals surface area contributed by atoms with Gasteiger partial charge in [0.05, 0.1) is 29.9 Å². The molecule has 1 aromatic rings.